The van der Waals surface area contributed by atoms with Gasteiger partial charge < -0.3 is 0 Å². The Morgan fingerprint density at radius 3 is 2.57 bits per heavy atom. The summed E-state index contributed by atoms with van der Waals surface area (Å²) in [5.41, 5.74) is 2.64. The molecule has 3 aromatic rings. The molecule has 0 saturated heterocycles. The monoisotopic (exact) mass is 399 g/mol. The fourth-order valence-electron chi connectivity index (χ4n) is 2.21. The molecule has 0 saturated carbocycles. The molecule has 21 heavy (non-hydrogen) atoms. The second kappa shape index (κ2) is 6.13. The molecule has 0 fully saturated rings. The van der Waals surface area contributed by atoms with E-state index in [4.69, 9.17) is 34.8 Å². The minimum absolute atomic E-state index is 0.426. The van der Waals surface area contributed by atoms with Crippen LogP contribution < -0.4 is 0 Å². The highest BCUT2D eigenvalue weighted by atomic mass is 79.9. The van der Waals surface area contributed by atoms with Crippen LogP contribution in [0.25, 0.3) is 10.9 Å². The second-order valence-electron chi connectivity index (χ2n) is 4.66. The predicted octanol–water partition coefficient (Wildman–Crippen LogP) is 6.55. The van der Waals surface area contributed by atoms with E-state index in [2.05, 4.69) is 20.9 Å². The van der Waals surface area contributed by atoms with Gasteiger partial charge in [-0.3, -0.25) is 0 Å². The zero-order valence-electron chi connectivity index (χ0n) is 10.7. The van der Waals surface area contributed by atoms with Crippen molar-refractivity contribution in [1.82, 2.24) is 4.98 Å². The number of aromatic nitrogens is 1. The molecule has 0 aliphatic heterocycles. The minimum Gasteiger partial charge on any atom is -0.236 e. The molecular formula is C16H9BrCl3N. The third kappa shape index (κ3) is 3.19. The average molecular weight is 402 g/mol. The molecule has 1 aromatic heterocycles. The fourth-order valence-corrected chi connectivity index (χ4v) is 3.39. The van der Waals surface area contributed by atoms with E-state index in [1.807, 2.05) is 42.5 Å². The first-order chi connectivity index (χ1) is 10.0. The summed E-state index contributed by atoms with van der Waals surface area (Å²) < 4.78 is 0.953. The van der Waals surface area contributed by atoms with Gasteiger partial charge in [-0.1, -0.05) is 62.9 Å². The molecule has 0 N–H and O–H groups in total. The molecule has 0 aliphatic rings. The molecule has 1 heterocycles. The molecule has 0 radical (unpaired) electrons. The van der Waals surface area contributed by atoms with Gasteiger partial charge in [0.05, 0.1) is 10.5 Å². The van der Waals surface area contributed by atoms with Crippen molar-refractivity contribution in [1.29, 1.82) is 0 Å². The van der Waals surface area contributed by atoms with Gasteiger partial charge in [-0.15, -0.1) is 0 Å². The Labute approximate surface area is 146 Å². The molecule has 2 aromatic carbocycles. The van der Waals surface area contributed by atoms with Crippen LogP contribution in [-0.2, 0) is 6.42 Å². The van der Waals surface area contributed by atoms with Gasteiger partial charge >= 0.3 is 0 Å². The van der Waals surface area contributed by atoms with E-state index in [0.717, 1.165) is 26.5 Å². The number of hydrogen-bond donors (Lipinski definition) is 0. The summed E-state index contributed by atoms with van der Waals surface area (Å²) in [6.07, 6.45) is 0.591. The number of benzene rings is 2. The van der Waals surface area contributed by atoms with Crippen molar-refractivity contribution in [2.24, 2.45) is 0 Å². The Morgan fingerprint density at radius 1 is 1.00 bits per heavy atom. The second-order valence-corrected chi connectivity index (χ2v) is 6.75. The van der Waals surface area contributed by atoms with Crippen LogP contribution in [0.3, 0.4) is 0 Å². The molecule has 0 unspecified atom stereocenters. The van der Waals surface area contributed by atoms with Gasteiger partial charge in [0.15, 0.2) is 0 Å². The number of halogens is 4. The lowest BCUT2D eigenvalue weighted by Crippen LogP contribution is -1.95. The lowest BCUT2D eigenvalue weighted by Gasteiger charge is -2.10. The van der Waals surface area contributed by atoms with Crippen molar-refractivity contribution < 1.29 is 0 Å². The first-order valence-electron chi connectivity index (χ1n) is 6.22. The van der Waals surface area contributed by atoms with Gasteiger partial charge in [0.1, 0.15) is 5.15 Å². The van der Waals surface area contributed by atoms with Crippen LogP contribution in [0, 0.1) is 0 Å². The van der Waals surface area contributed by atoms with E-state index in [9.17, 15) is 0 Å². The van der Waals surface area contributed by atoms with Crippen molar-refractivity contribution in [2.45, 2.75) is 6.42 Å². The van der Waals surface area contributed by atoms with E-state index >= 15 is 0 Å². The van der Waals surface area contributed by atoms with Gasteiger partial charge in [-0.2, -0.15) is 0 Å². The first kappa shape index (κ1) is 15.1. The van der Waals surface area contributed by atoms with Crippen molar-refractivity contribution in [3.8, 4) is 0 Å². The first-order valence-corrected chi connectivity index (χ1v) is 8.15. The van der Waals surface area contributed by atoms with Gasteiger partial charge in [-0.25, -0.2) is 4.98 Å². The van der Waals surface area contributed by atoms with Crippen LogP contribution in [0.5, 0.6) is 0 Å². The lowest BCUT2D eigenvalue weighted by atomic mass is 10.0. The van der Waals surface area contributed by atoms with Crippen molar-refractivity contribution in [2.75, 3.05) is 0 Å². The zero-order chi connectivity index (χ0) is 15.0. The smallest absolute Gasteiger partial charge is 0.134 e. The number of hydrogen-bond acceptors (Lipinski definition) is 1. The summed E-state index contributed by atoms with van der Waals surface area (Å²) in [4.78, 5) is 4.42. The SMILES string of the molecule is Clc1cccc(Cc2c(Cl)nc3ccc(Br)cc3c2Cl)c1. The predicted molar refractivity (Wildman–Crippen MR) is 93.7 cm³/mol. The minimum atomic E-state index is 0.426. The van der Waals surface area contributed by atoms with Crippen LogP contribution in [-0.4, -0.2) is 4.98 Å². The number of rotatable bonds is 2. The molecule has 106 valence electrons. The Morgan fingerprint density at radius 2 is 1.81 bits per heavy atom. The Balaban J connectivity index is 2.13. The third-order valence-electron chi connectivity index (χ3n) is 3.20. The number of fused-ring (bicyclic) bond motifs is 1. The molecule has 0 bridgehead atoms. The molecule has 0 amide bonds. The van der Waals surface area contributed by atoms with Gasteiger partial charge in [-0.05, 0) is 35.9 Å². The normalized spacial score (nSPS) is 11.0. The van der Waals surface area contributed by atoms with E-state index < -0.39 is 0 Å². The molecule has 1 nitrogen and oxygen atoms in total. The Kier molecular flexibility index (Phi) is 4.41. The highest BCUT2D eigenvalue weighted by molar-refractivity contribution is 9.10. The van der Waals surface area contributed by atoms with Crippen LogP contribution in [0.15, 0.2) is 46.9 Å². The highest BCUT2D eigenvalue weighted by Gasteiger charge is 2.13. The lowest BCUT2D eigenvalue weighted by molar-refractivity contribution is 1.17. The maximum absolute atomic E-state index is 6.53. The third-order valence-corrected chi connectivity index (χ3v) is 4.67. The van der Waals surface area contributed by atoms with E-state index in [1.54, 1.807) is 0 Å². The topological polar surface area (TPSA) is 12.9 Å². The molecular weight excluding hydrogens is 392 g/mol. The van der Waals surface area contributed by atoms with Crippen LogP contribution >= 0.6 is 50.7 Å². The standard InChI is InChI=1S/C16H9BrCl3N/c17-10-4-5-14-12(8-10)15(19)13(16(20)21-14)7-9-2-1-3-11(18)6-9/h1-6,8H,7H2. The van der Waals surface area contributed by atoms with E-state index in [1.165, 1.54) is 0 Å². The summed E-state index contributed by atoms with van der Waals surface area (Å²) in [6, 6.07) is 13.4. The maximum Gasteiger partial charge on any atom is 0.134 e. The quantitative estimate of drug-likeness (QED) is 0.444. The zero-order valence-corrected chi connectivity index (χ0v) is 14.6. The van der Waals surface area contributed by atoms with E-state index in [-0.39, 0.29) is 0 Å². The molecule has 0 spiro atoms. The van der Waals surface area contributed by atoms with Crippen LogP contribution in [0.4, 0.5) is 0 Å². The van der Waals surface area contributed by atoms with E-state index in [0.29, 0.717) is 21.6 Å². The number of pyridine rings is 1. The fraction of sp³-hybridized carbons (Fsp3) is 0.0625. The number of nitrogens with zero attached hydrogens (tertiary/aromatic N) is 1. The summed E-state index contributed by atoms with van der Waals surface area (Å²) in [5, 5.41) is 2.63. The summed E-state index contributed by atoms with van der Waals surface area (Å²) >= 11 is 22.3. The molecule has 5 heteroatoms. The molecule has 0 aliphatic carbocycles. The van der Waals surface area contributed by atoms with Gasteiger partial charge in [0.25, 0.3) is 0 Å². The summed E-state index contributed by atoms with van der Waals surface area (Å²) in [5.74, 6) is 0. The average Bonchev–Trinajstić information content (AvgIpc) is 2.45. The summed E-state index contributed by atoms with van der Waals surface area (Å²) in [6.45, 7) is 0. The van der Waals surface area contributed by atoms with Gasteiger partial charge in [0.2, 0.25) is 0 Å². The van der Waals surface area contributed by atoms with Crippen molar-refractivity contribution >= 4 is 61.6 Å². The van der Waals surface area contributed by atoms with Crippen LogP contribution in [0.2, 0.25) is 15.2 Å². The maximum atomic E-state index is 6.53. The Hall–Kier alpha value is -0.800. The van der Waals surface area contributed by atoms with Crippen molar-refractivity contribution in [3.63, 3.8) is 0 Å². The van der Waals surface area contributed by atoms with Gasteiger partial charge in [0, 0.05) is 26.9 Å². The Bertz CT molecular complexity index is 833. The highest BCUT2D eigenvalue weighted by Crippen LogP contribution is 2.34. The largest absolute Gasteiger partial charge is 0.236 e. The molecule has 3 rings (SSSR count). The van der Waals surface area contributed by atoms with Crippen molar-refractivity contribution in [3.05, 3.63) is 73.3 Å². The summed E-state index contributed by atoms with van der Waals surface area (Å²) in [7, 11) is 0. The van der Waals surface area contributed by atoms with Crippen LogP contribution in [0.1, 0.15) is 11.1 Å². The molecule has 0 atom stereocenters.